The topological polar surface area (TPSA) is 17.1 Å². The molecule has 0 aliphatic heterocycles. The summed E-state index contributed by atoms with van der Waals surface area (Å²) in [5.41, 5.74) is 0. The minimum atomic E-state index is 0.935. The summed E-state index contributed by atoms with van der Waals surface area (Å²) in [6.45, 7) is 6.71. The van der Waals surface area contributed by atoms with Crippen LogP contribution >= 0.6 is 0 Å². The second-order valence-electron chi connectivity index (χ2n) is 3.64. The molecule has 0 bridgehead atoms. The monoisotopic (exact) mass is 156 g/mol. The molecule has 1 aliphatic rings. The maximum absolute atomic E-state index is 8.00. The maximum atomic E-state index is 8.00. The lowest BCUT2D eigenvalue weighted by atomic mass is 9.82. The van der Waals surface area contributed by atoms with Gasteiger partial charge in [-0.2, -0.15) is 0 Å². The number of rotatable bonds is 1. The van der Waals surface area contributed by atoms with Gasteiger partial charge in [-0.3, -0.25) is 0 Å². The standard InChI is InChI=1S/C9H18.CH2O/c1-8(2)9-6-4-3-5-7-9;1-2/h8-9H,3-7H2,1-2H3;1H2. The second kappa shape index (κ2) is 6.38. The van der Waals surface area contributed by atoms with E-state index in [1.165, 1.54) is 32.1 Å². The van der Waals surface area contributed by atoms with Gasteiger partial charge in [0.05, 0.1) is 0 Å². The first-order valence-corrected chi connectivity index (χ1v) is 4.59. The van der Waals surface area contributed by atoms with Gasteiger partial charge >= 0.3 is 0 Å². The molecule has 0 amide bonds. The summed E-state index contributed by atoms with van der Waals surface area (Å²) in [4.78, 5) is 8.00. The van der Waals surface area contributed by atoms with Crippen LogP contribution in [0.3, 0.4) is 0 Å². The average Bonchev–Trinajstić information content (AvgIpc) is 2.10. The second-order valence-corrected chi connectivity index (χ2v) is 3.64. The van der Waals surface area contributed by atoms with Crippen LogP contribution in [0.5, 0.6) is 0 Å². The fourth-order valence-corrected chi connectivity index (χ4v) is 1.80. The van der Waals surface area contributed by atoms with Crippen LogP contribution in [0.4, 0.5) is 0 Å². The Morgan fingerprint density at radius 3 is 1.82 bits per heavy atom. The van der Waals surface area contributed by atoms with Crippen molar-refractivity contribution in [2.24, 2.45) is 11.8 Å². The summed E-state index contributed by atoms with van der Waals surface area (Å²) in [6, 6.07) is 0. The van der Waals surface area contributed by atoms with Crippen molar-refractivity contribution >= 4 is 6.79 Å². The number of carbonyl (C=O) groups excluding carboxylic acids is 1. The van der Waals surface area contributed by atoms with Crippen molar-refractivity contribution in [3.05, 3.63) is 0 Å². The fraction of sp³-hybridized carbons (Fsp3) is 0.900. The van der Waals surface area contributed by atoms with Crippen LogP contribution in [-0.4, -0.2) is 6.79 Å². The highest BCUT2D eigenvalue weighted by Crippen LogP contribution is 2.29. The van der Waals surface area contributed by atoms with E-state index in [1.54, 1.807) is 0 Å². The summed E-state index contributed by atoms with van der Waals surface area (Å²) in [7, 11) is 0. The highest BCUT2D eigenvalue weighted by Gasteiger charge is 2.15. The van der Waals surface area contributed by atoms with Crippen LogP contribution in [0.25, 0.3) is 0 Å². The molecular weight excluding hydrogens is 136 g/mol. The molecule has 1 aliphatic carbocycles. The van der Waals surface area contributed by atoms with E-state index in [0.717, 1.165) is 11.8 Å². The van der Waals surface area contributed by atoms with Gasteiger partial charge in [0.15, 0.2) is 0 Å². The van der Waals surface area contributed by atoms with Crippen LogP contribution in [0.2, 0.25) is 0 Å². The van der Waals surface area contributed by atoms with E-state index in [9.17, 15) is 0 Å². The third kappa shape index (κ3) is 4.18. The van der Waals surface area contributed by atoms with Gasteiger partial charge in [-0.1, -0.05) is 46.0 Å². The van der Waals surface area contributed by atoms with Gasteiger partial charge in [0, 0.05) is 0 Å². The van der Waals surface area contributed by atoms with Crippen molar-refractivity contribution in [3.63, 3.8) is 0 Å². The number of carbonyl (C=O) groups is 1. The molecule has 0 aromatic rings. The van der Waals surface area contributed by atoms with Gasteiger partial charge in [0.25, 0.3) is 0 Å². The Labute approximate surface area is 70.2 Å². The van der Waals surface area contributed by atoms with Crippen LogP contribution in [0, 0.1) is 11.8 Å². The molecule has 0 saturated heterocycles. The van der Waals surface area contributed by atoms with Gasteiger partial charge in [-0.25, -0.2) is 0 Å². The summed E-state index contributed by atoms with van der Waals surface area (Å²) >= 11 is 0. The van der Waals surface area contributed by atoms with E-state index in [-0.39, 0.29) is 0 Å². The molecule has 1 rings (SSSR count). The molecule has 0 radical (unpaired) electrons. The van der Waals surface area contributed by atoms with Crippen molar-refractivity contribution < 1.29 is 4.79 Å². The van der Waals surface area contributed by atoms with Crippen LogP contribution < -0.4 is 0 Å². The van der Waals surface area contributed by atoms with Crippen LogP contribution in [0.1, 0.15) is 46.0 Å². The molecule has 0 spiro atoms. The van der Waals surface area contributed by atoms with Crippen molar-refractivity contribution in [3.8, 4) is 0 Å². The first-order chi connectivity index (χ1) is 5.30. The Morgan fingerprint density at radius 2 is 1.55 bits per heavy atom. The molecule has 0 unspecified atom stereocenters. The molecule has 11 heavy (non-hydrogen) atoms. The molecule has 0 aromatic heterocycles. The Hall–Kier alpha value is -0.330. The molecule has 0 heterocycles. The first-order valence-electron chi connectivity index (χ1n) is 4.59. The zero-order valence-electron chi connectivity index (χ0n) is 7.81. The molecule has 1 heteroatoms. The predicted molar refractivity (Wildman–Crippen MR) is 48.5 cm³/mol. The lowest BCUT2D eigenvalue weighted by Crippen LogP contribution is -2.12. The van der Waals surface area contributed by atoms with Gasteiger partial charge in [-0.15, -0.1) is 0 Å². The lowest BCUT2D eigenvalue weighted by Gasteiger charge is -2.24. The summed E-state index contributed by atoms with van der Waals surface area (Å²) in [5.74, 6) is 1.99. The minimum absolute atomic E-state index is 0.935. The Balaban J connectivity index is 0.000000461. The van der Waals surface area contributed by atoms with E-state index < -0.39 is 0 Å². The van der Waals surface area contributed by atoms with Gasteiger partial charge in [0.1, 0.15) is 6.79 Å². The Bertz CT molecular complexity index is 82.9. The third-order valence-electron chi connectivity index (χ3n) is 2.59. The predicted octanol–water partition coefficient (Wildman–Crippen LogP) is 3.04. The fourth-order valence-electron chi connectivity index (χ4n) is 1.80. The normalized spacial score (nSPS) is 19.2. The van der Waals surface area contributed by atoms with E-state index in [2.05, 4.69) is 13.8 Å². The van der Waals surface area contributed by atoms with E-state index in [1.807, 2.05) is 6.79 Å². The number of hydrogen-bond acceptors (Lipinski definition) is 1. The molecule has 0 N–H and O–H groups in total. The van der Waals surface area contributed by atoms with Crippen molar-refractivity contribution in [1.29, 1.82) is 0 Å². The van der Waals surface area contributed by atoms with Gasteiger partial charge in [-0.05, 0) is 11.8 Å². The molecule has 1 fully saturated rings. The molecule has 0 aromatic carbocycles. The minimum Gasteiger partial charge on any atom is -0.307 e. The molecule has 0 atom stereocenters. The first kappa shape index (κ1) is 10.7. The summed E-state index contributed by atoms with van der Waals surface area (Å²) < 4.78 is 0. The average molecular weight is 156 g/mol. The molecular formula is C10H20O. The number of hydrogen-bond donors (Lipinski definition) is 0. The highest BCUT2D eigenvalue weighted by atomic mass is 16.1. The van der Waals surface area contributed by atoms with E-state index in [4.69, 9.17) is 4.79 Å². The zero-order valence-corrected chi connectivity index (χ0v) is 7.81. The third-order valence-corrected chi connectivity index (χ3v) is 2.59. The smallest absolute Gasteiger partial charge is 0.106 e. The van der Waals surface area contributed by atoms with Gasteiger partial charge in [0.2, 0.25) is 0 Å². The van der Waals surface area contributed by atoms with Crippen molar-refractivity contribution in [2.75, 3.05) is 0 Å². The molecule has 1 nitrogen and oxygen atoms in total. The Morgan fingerprint density at radius 1 is 1.09 bits per heavy atom. The SMILES string of the molecule is C=O.CC(C)C1CCCCC1. The summed E-state index contributed by atoms with van der Waals surface area (Å²) in [5, 5.41) is 0. The van der Waals surface area contributed by atoms with Crippen molar-refractivity contribution in [1.82, 2.24) is 0 Å². The van der Waals surface area contributed by atoms with E-state index in [0.29, 0.717) is 0 Å². The van der Waals surface area contributed by atoms with Crippen LogP contribution in [0.15, 0.2) is 0 Å². The van der Waals surface area contributed by atoms with Crippen LogP contribution in [-0.2, 0) is 4.79 Å². The summed E-state index contributed by atoms with van der Waals surface area (Å²) in [6.07, 6.45) is 7.46. The largest absolute Gasteiger partial charge is 0.307 e. The quantitative estimate of drug-likeness (QED) is 0.570. The molecule has 1 saturated carbocycles. The zero-order chi connectivity index (χ0) is 8.69. The van der Waals surface area contributed by atoms with E-state index >= 15 is 0 Å². The van der Waals surface area contributed by atoms with Crippen molar-refractivity contribution in [2.45, 2.75) is 46.0 Å². The lowest BCUT2D eigenvalue weighted by molar-refractivity contribution is -0.0979. The maximum Gasteiger partial charge on any atom is 0.106 e. The molecule has 66 valence electrons. The highest BCUT2D eigenvalue weighted by molar-refractivity contribution is 5.10. The Kier molecular flexibility index (Phi) is 6.19. The van der Waals surface area contributed by atoms with Gasteiger partial charge < -0.3 is 4.79 Å².